The third kappa shape index (κ3) is 2.46. The van der Waals surface area contributed by atoms with Gasteiger partial charge in [-0.2, -0.15) is 0 Å². The molecule has 1 aliphatic carbocycles. The van der Waals surface area contributed by atoms with Crippen LogP contribution < -0.4 is 5.32 Å². The molecule has 0 heterocycles. The zero-order valence-electron chi connectivity index (χ0n) is 10.7. The van der Waals surface area contributed by atoms with Crippen molar-refractivity contribution in [3.8, 4) is 0 Å². The molecule has 0 aliphatic heterocycles. The molecule has 1 aromatic carbocycles. The quantitative estimate of drug-likeness (QED) is 0.796. The minimum absolute atomic E-state index is 0.291. The largest absolute Gasteiger partial charge is 0.311 e. The second kappa shape index (κ2) is 4.58. The van der Waals surface area contributed by atoms with Crippen LogP contribution in [0.15, 0.2) is 24.3 Å². The number of hydrogen-bond donors (Lipinski definition) is 1. The minimum atomic E-state index is 0.291. The van der Waals surface area contributed by atoms with Crippen molar-refractivity contribution in [1.82, 2.24) is 5.32 Å². The van der Waals surface area contributed by atoms with E-state index in [4.69, 9.17) is 0 Å². The summed E-state index contributed by atoms with van der Waals surface area (Å²) < 4.78 is 0. The lowest BCUT2D eigenvalue weighted by Crippen LogP contribution is -2.43. The Balaban J connectivity index is 1.86. The Morgan fingerprint density at radius 1 is 1.31 bits per heavy atom. The average molecular weight is 217 g/mol. The van der Waals surface area contributed by atoms with Crippen LogP contribution in [0.25, 0.3) is 0 Å². The second-order valence-corrected chi connectivity index (χ2v) is 5.61. The number of nitrogens with one attached hydrogen (secondary N) is 1. The molecular weight excluding hydrogens is 194 g/mol. The van der Waals surface area contributed by atoms with Crippen LogP contribution in [0.1, 0.15) is 50.7 Å². The van der Waals surface area contributed by atoms with E-state index in [0.29, 0.717) is 5.54 Å². The molecule has 0 bridgehead atoms. The predicted octanol–water partition coefficient (Wildman–Crippen LogP) is 3.49. The van der Waals surface area contributed by atoms with E-state index in [1.807, 2.05) is 0 Å². The highest BCUT2D eigenvalue weighted by molar-refractivity contribution is 5.40. The Morgan fingerprint density at radius 3 is 2.75 bits per heavy atom. The highest BCUT2D eigenvalue weighted by Gasteiger charge is 2.27. The van der Waals surface area contributed by atoms with Gasteiger partial charge in [-0.1, -0.05) is 37.6 Å². The van der Waals surface area contributed by atoms with E-state index in [1.165, 1.54) is 19.3 Å². The summed E-state index contributed by atoms with van der Waals surface area (Å²) in [5.74, 6) is 0.743. The van der Waals surface area contributed by atoms with Crippen LogP contribution in [0.2, 0.25) is 0 Å². The summed E-state index contributed by atoms with van der Waals surface area (Å²) in [6.45, 7) is 7.99. The van der Waals surface area contributed by atoms with Gasteiger partial charge in [0.15, 0.2) is 0 Å². The van der Waals surface area contributed by atoms with E-state index in [2.05, 4.69) is 50.4 Å². The minimum Gasteiger partial charge on any atom is -0.311 e. The fourth-order valence-electron chi connectivity index (χ4n) is 2.66. The monoisotopic (exact) mass is 217 g/mol. The maximum absolute atomic E-state index is 3.70. The van der Waals surface area contributed by atoms with Crippen molar-refractivity contribution in [2.75, 3.05) is 6.54 Å². The van der Waals surface area contributed by atoms with Gasteiger partial charge in [0.1, 0.15) is 0 Å². The van der Waals surface area contributed by atoms with Gasteiger partial charge in [0, 0.05) is 18.0 Å². The fraction of sp³-hybridized carbons (Fsp3) is 0.600. The molecule has 1 aromatic rings. The Hall–Kier alpha value is -0.820. The summed E-state index contributed by atoms with van der Waals surface area (Å²) in [6.07, 6.45) is 3.76. The van der Waals surface area contributed by atoms with E-state index >= 15 is 0 Å². The van der Waals surface area contributed by atoms with Gasteiger partial charge >= 0.3 is 0 Å². The first kappa shape index (κ1) is 11.7. The molecule has 1 heteroatoms. The third-order valence-corrected chi connectivity index (χ3v) is 3.66. The topological polar surface area (TPSA) is 12.0 Å². The lowest BCUT2D eigenvalue weighted by molar-refractivity contribution is 0.340. The summed E-state index contributed by atoms with van der Waals surface area (Å²) >= 11 is 0. The van der Waals surface area contributed by atoms with Crippen molar-refractivity contribution in [2.24, 2.45) is 0 Å². The molecule has 1 N–H and O–H groups in total. The van der Waals surface area contributed by atoms with Crippen LogP contribution in [0.4, 0.5) is 0 Å². The summed E-state index contributed by atoms with van der Waals surface area (Å²) in [5.41, 5.74) is 3.39. The molecule has 1 nitrogen and oxygen atoms in total. The van der Waals surface area contributed by atoms with Gasteiger partial charge in [-0.05, 0) is 37.8 Å². The van der Waals surface area contributed by atoms with E-state index in [1.54, 1.807) is 11.1 Å². The Kier molecular flexibility index (Phi) is 3.34. The molecule has 0 saturated carbocycles. The molecule has 1 atom stereocenters. The highest BCUT2D eigenvalue weighted by Crippen LogP contribution is 2.34. The normalized spacial score (nSPS) is 19.1. The summed E-state index contributed by atoms with van der Waals surface area (Å²) in [4.78, 5) is 0. The van der Waals surface area contributed by atoms with Crippen molar-refractivity contribution in [3.63, 3.8) is 0 Å². The second-order valence-electron chi connectivity index (χ2n) is 5.61. The maximum atomic E-state index is 3.70. The van der Waals surface area contributed by atoms with Gasteiger partial charge in [0.25, 0.3) is 0 Å². The van der Waals surface area contributed by atoms with Crippen molar-refractivity contribution in [1.29, 1.82) is 0 Å². The molecule has 0 saturated heterocycles. The highest BCUT2D eigenvalue weighted by atomic mass is 15.0. The first-order valence-corrected chi connectivity index (χ1v) is 6.45. The van der Waals surface area contributed by atoms with Gasteiger partial charge in [0.05, 0.1) is 0 Å². The fourth-order valence-corrected chi connectivity index (χ4v) is 2.66. The number of benzene rings is 1. The van der Waals surface area contributed by atoms with Crippen LogP contribution in [-0.4, -0.2) is 12.1 Å². The number of hydrogen-bond acceptors (Lipinski definition) is 1. The number of rotatable bonds is 5. The van der Waals surface area contributed by atoms with Crippen molar-refractivity contribution in [2.45, 2.75) is 51.5 Å². The summed E-state index contributed by atoms with van der Waals surface area (Å²) in [5, 5.41) is 3.70. The average Bonchev–Trinajstić information content (AvgIpc) is 2.19. The van der Waals surface area contributed by atoms with Gasteiger partial charge in [-0.3, -0.25) is 0 Å². The first-order chi connectivity index (χ1) is 7.62. The molecule has 0 aromatic heterocycles. The van der Waals surface area contributed by atoms with E-state index in [9.17, 15) is 0 Å². The molecule has 16 heavy (non-hydrogen) atoms. The lowest BCUT2D eigenvalue weighted by atomic mass is 9.77. The van der Waals surface area contributed by atoms with Crippen LogP contribution in [0.3, 0.4) is 0 Å². The van der Waals surface area contributed by atoms with Gasteiger partial charge in [0.2, 0.25) is 0 Å². The molecule has 88 valence electrons. The van der Waals surface area contributed by atoms with Crippen LogP contribution in [0.5, 0.6) is 0 Å². The van der Waals surface area contributed by atoms with Crippen molar-refractivity contribution >= 4 is 0 Å². The van der Waals surface area contributed by atoms with Crippen molar-refractivity contribution < 1.29 is 0 Å². The first-order valence-electron chi connectivity index (χ1n) is 6.45. The molecule has 0 amide bonds. The van der Waals surface area contributed by atoms with Crippen LogP contribution >= 0.6 is 0 Å². The number of fused-ring (bicyclic) bond motifs is 1. The summed E-state index contributed by atoms with van der Waals surface area (Å²) in [7, 11) is 0. The predicted molar refractivity (Wildman–Crippen MR) is 69.9 cm³/mol. The molecular formula is C15H23N. The Labute approximate surface area is 99.3 Å². The molecule has 1 unspecified atom stereocenters. The smallest absolute Gasteiger partial charge is 0.0125 e. The van der Waals surface area contributed by atoms with Gasteiger partial charge in [-0.15, -0.1) is 0 Å². The van der Waals surface area contributed by atoms with Crippen LogP contribution in [-0.2, 0) is 6.42 Å². The van der Waals surface area contributed by atoms with Crippen LogP contribution in [0, 0.1) is 0 Å². The van der Waals surface area contributed by atoms with E-state index in [0.717, 1.165) is 12.5 Å². The Morgan fingerprint density at radius 2 is 2.06 bits per heavy atom. The van der Waals surface area contributed by atoms with Gasteiger partial charge in [-0.25, -0.2) is 0 Å². The third-order valence-electron chi connectivity index (χ3n) is 3.66. The van der Waals surface area contributed by atoms with E-state index < -0.39 is 0 Å². The molecule has 0 radical (unpaired) electrons. The standard InChI is InChI=1S/C15H23N/c1-4-9-15(2,3)16-11-13-10-12-7-5-6-8-14(12)13/h5-8,13,16H,4,9-11H2,1-3H3. The Bertz CT molecular complexity index is 354. The van der Waals surface area contributed by atoms with E-state index in [-0.39, 0.29) is 0 Å². The van der Waals surface area contributed by atoms with Gasteiger partial charge < -0.3 is 5.32 Å². The SMILES string of the molecule is CCCC(C)(C)NCC1Cc2ccccc21. The molecule has 0 spiro atoms. The van der Waals surface area contributed by atoms with Crippen molar-refractivity contribution in [3.05, 3.63) is 35.4 Å². The zero-order chi connectivity index (χ0) is 11.6. The molecule has 0 fully saturated rings. The molecule has 1 aliphatic rings. The lowest BCUT2D eigenvalue weighted by Gasteiger charge is -2.34. The maximum Gasteiger partial charge on any atom is 0.0125 e. The molecule has 2 rings (SSSR count). The summed E-state index contributed by atoms with van der Waals surface area (Å²) in [6, 6.07) is 8.83. The zero-order valence-corrected chi connectivity index (χ0v) is 10.7.